The molecule has 0 saturated carbocycles. The number of anilines is 1. The fraction of sp³-hybridized carbons (Fsp3) is 0.188. The van der Waals surface area contributed by atoms with Crippen LogP contribution >= 0.6 is 0 Å². The molecule has 0 radical (unpaired) electrons. The van der Waals surface area contributed by atoms with E-state index in [1.54, 1.807) is 0 Å². The molecule has 0 bridgehead atoms. The van der Waals surface area contributed by atoms with Gasteiger partial charge in [0.05, 0.1) is 6.61 Å². The quantitative estimate of drug-likeness (QED) is 0.897. The maximum Gasteiger partial charge on any atom is 0.245 e. The molecule has 1 atom stereocenters. The van der Waals surface area contributed by atoms with Gasteiger partial charge in [-0.15, -0.1) is 0 Å². The van der Waals surface area contributed by atoms with Gasteiger partial charge in [-0.25, -0.2) is 0 Å². The average Bonchev–Trinajstić information content (AvgIpc) is 2.95. The Kier molecular flexibility index (Phi) is 3.39. The van der Waals surface area contributed by atoms with Crippen LogP contribution in [-0.4, -0.2) is 12.5 Å². The van der Waals surface area contributed by atoms with E-state index in [-0.39, 0.29) is 5.91 Å². The third-order valence-electron chi connectivity index (χ3n) is 3.40. The maximum absolute atomic E-state index is 12.1. The zero-order valence-electron chi connectivity index (χ0n) is 11.0. The first kappa shape index (κ1) is 12.7. The first-order valence-corrected chi connectivity index (χ1v) is 6.61. The SMILES string of the molecule is N[C@H](C(=O)Nc1ccc2c(c1)CCO2)c1ccccc1. The molecule has 4 heteroatoms. The molecule has 4 nitrogen and oxygen atoms in total. The summed E-state index contributed by atoms with van der Waals surface area (Å²) in [6.45, 7) is 0.705. The molecule has 3 rings (SSSR count). The lowest BCUT2D eigenvalue weighted by molar-refractivity contribution is -0.117. The zero-order chi connectivity index (χ0) is 13.9. The molecule has 2 aromatic carbocycles. The molecule has 0 aromatic heterocycles. The topological polar surface area (TPSA) is 64.4 Å². The standard InChI is InChI=1S/C16H16N2O2/c17-15(11-4-2-1-3-5-11)16(19)18-13-6-7-14-12(10-13)8-9-20-14/h1-7,10,15H,8-9,17H2,(H,18,19)/t15-/m0/s1. The lowest BCUT2D eigenvalue weighted by Crippen LogP contribution is -2.27. The van der Waals surface area contributed by atoms with Crippen LogP contribution < -0.4 is 15.8 Å². The number of amides is 1. The Balaban J connectivity index is 1.73. The Labute approximate surface area is 117 Å². The number of hydrogen-bond donors (Lipinski definition) is 2. The molecule has 0 unspecified atom stereocenters. The summed E-state index contributed by atoms with van der Waals surface area (Å²) < 4.78 is 5.44. The normalized spacial score (nSPS) is 14.2. The summed E-state index contributed by atoms with van der Waals surface area (Å²) in [6, 6.07) is 14.3. The molecule has 20 heavy (non-hydrogen) atoms. The van der Waals surface area contributed by atoms with E-state index in [9.17, 15) is 4.79 Å². The van der Waals surface area contributed by atoms with Crippen LogP contribution in [0.1, 0.15) is 17.2 Å². The van der Waals surface area contributed by atoms with Gasteiger partial charge in [0.15, 0.2) is 0 Å². The second-order valence-corrected chi connectivity index (χ2v) is 4.80. The maximum atomic E-state index is 12.1. The summed E-state index contributed by atoms with van der Waals surface area (Å²) in [5, 5.41) is 2.85. The van der Waals surface area contributed by atoms with E-state index in [4.69, 9.17) is 10.5 Å². The summed E-state index contributed by atoms with van der Waals surface area (Å²) in [4.78, 5) is 12.1. The number of ether oxygens (including phenoxy) is 1. The van der Waals surface area contributed by atoms with Gasteiger partial charge in [-0.05, 0) is 29.3 Å². The zero-order valence-corrected chi connectivity index (χ0v) is 11.0. The largest absolute Gasteiger partial charge is 0.493 e. The van der Waals surface area contributed by atoms with Crippen molar-refractivity contribution < 1.29 is 9.53 Å². The fourth-order valence-corrected chi connectivity index (χ4v) is 2.30. The second kappa shape index (κ2) is 5.35. The van der Waals surface area contributed by atoms with E-state index in [0.29, 0.717) is 6.61 Å². The third-order valence-corrected chi connectivity index (χ3v) is 3.40. The van der Waals surface area contributed by atoms with Crippen molar-refractivity contribution in [1.29, 1.82) is 0 Å². The number of nitrogens with two attached hydrogens (primary N) is 1. The number of carbonyl (C=O) groups is 1. The minimum Gasteiger partial charge on any atom is -0.493 e. The molecule has 1 amide bonds. The van der Waals surface area contributed by atoms with Crippen molar-refractivity contribution in [3.63, 3.8) is 0 Å². The lowest BCUT2D eigenvalue weighted by Gasteiger charge is -2.13. The van der Waals surface area contributed by atoms with Gasteiger partial charge in [0.25, 0.3) is 0 Å². The molecular weight excluding hydrogens is 252 g/mol. The van der Waals surface area contributed by atoms with Crippen LogP contribution in [-0.2, 0) is 11.2 Å². The molecule has 3 N–H and O–H groups in total. The van der Waals surface area contributed by atoms with Crippen molar-refractivity contribution in [2.75, 3.05) is 11.9 Å². The lowest BCUT2D eigenvalue weighted by atomic mass is 10.1. The van der Waals surface area contributed by atoms with Crippen LogP contribution in [0.3, 0.4) is 0 Å². The molecule has 0 fully saturated rings. The van der Waals surface area contributed by atoms with E-state index in [1.807, 2.05) is 48.5 Å². The molecule has 1 heterocycles. The summed E-state index contributed by atoms with van der Waals surface area (Å²) in [5.41, 5.74) is 8.64. The number of nitrogens with one attached hydrogen (secondary N) is 1. The van der Waals surface area contributed by atoms with E-state index in [0.717, 1.165) is 29.0 Å². The van der Waals surface area contributed by atoms with Crippen molar-refractivity contribution >= 4 is 11.6 Å². The Bertz CT molecular complexity index is 626. The minimum absolute atomic E-state index is 0.213. The monoisotopic (exact) mass is 268 g/mol. The molecule has 0 saturated heterocycles. The third kappa shape index (κ3) is 2.51. The molecule has 1 aliphatic rings. The van der Waals surface area contributed by atoms with Crippen LogP contribution in [0, 0.1) is 0 Å². The number of rotatable bonds is 3. The molecular formula is C16H16N2O2. The van der Waals surface area contributed by atoms with E-state index in [1.165, 1.54) is 0 Å². The fourth-order valence-electron chi connectivity index (χ4n) is 2.30. The van der Waals surface area contributed by atoms with Crippen LogP contribution in [0.2, 0.25) is 0 Å². The van der Waals surface area contributed by atoms with Crippen molar-refractivity contribution in [3.05, 3.63) is 59.7 Å². The second-order valence-electron chi connectivity index (χ2n) is 4.80. The highest BCUT2D eigenvalue weighted by atomic mass is 16.5. The van der Waals surface area contributed by atoms with Gasteiger partial charge in [-0.3, -0.25) is 4.79 Å². The molecule has 1 aliphatic heterocycles. The van der Waals surface area contributed by atoms with Gasteiger partial charge in [-0.2, -0.15) is 0 Å². The van der Waals surface area contributed by atoms with Gasteiger partial charge in [-0.1, -0.05) is 30.3 Å². The number of benzene rings is 2. The van der Waals surface area contributed by atoms with Crippen LogP contribution in [0.25, 0.3) is 0 Å². The van der Waals surface area contributed by atoms with Crippen LogP contribution in [0.4, 0.5) is 5.69 Å². The van der Waals surface area contributed by atoms with Gasteiger partial charge in [0.1, 0.15) is 11.8 Å². The van der Waals surface area contributed by atoms with Crippen LogP contribution in [0.15, 0.2) is 48.5 Å². The number of fused-ring (bicyclic) bond motifs is 1. The summed E-state index contributed by atoms with van der Waals surface area (Å²) >= 11 is 0. The van der Waals surface area contributed by atoms with Gasteiger partial charge >= 0.3 is 0 Å². The van der Waals surface area contributed by atoms with Crippen molar-refractivity contribution in [2.45, 2.75) is 12.5 Å². The molecule has 2 aromatic rings. The highest BCUT2D eigenvalue weighted by Crippen LogP contribution is 2.28. The summed E-state index contributed by atoms with van der Waals surface area (Å²) in [6.07, 6.45) is 0.879. The Morgan fingerprint density at radius 1 is 1.20 bits per heavy atom. The smallest absolute Gasteiger partial charge is 0.245 e. The first-order chi connectivity index (χ1) is 9.74. The summed E-state index contributed by atoms with van der Waals surface area (Å²) in [7, 11) is 0. The first-order valence-electron chi connectivity index (χ1n) is 6.61. The van der Waals surface area contributed by atoms with E-state index in [2.05, 4.69) is 5.32 Å². The van der Waals surface area contributed by atoms with Gasteiger partial charge < -0.3 is 15.8 Å². The molecule has 102 valence electrons. The Hall–Kier alpha value is -2.33. The predicted octanol–water partition coefficient (Wildman–Crippen LogP) is 2.26. The van der Waals surface area contributed by atoms with Gasteiger partial charge in [0, 0.05) is 12.1 Å². The van der Waals surface area contributed by atoms with Crippen molar-refractivity contribution in [2.24, 2.45) is 5.73 Å². The number of carbonyl (C=O) groups excluding carboxylic acids is 1. The Morgan fingerprint density at radius 3 is 2.80 bits per heavy atom. The summed E-state index contributed by atoms with van der Waals surface area (Å²) in [5.74, 6) is 0.686. The Morgan fingerprint density at radius 2 is 2.00 bits per heavy atom. The van der Waals surface area contributed by atoms with E-state index >= 15 is 0 Å². The molecule has 0 aliphatic carbocycles. The van der Waals surface area contributed by atoms with Crippen molar-refractivity contribution in [1.82, 2.24) is 0 Å². The van der Waals surface area contributed by atoms with Crippen molar-refractivity contribution in [3.8, 4) is 5.75 Å². The highest BCUT2D eigenvalue weighted by molar-refractivity contribution is 5.95. The number of hydrogen-bond acceptors (Lipinski definition) is 3. The average molecular weight is 268 g/mol. The minimum atomic E-state index is -0.666. The highest BCUT2D eigenvalue weighted by Gasteiger charge is 2.17. The van der Waals surface area contributed by atoms with Crippen LogP contribution in [0.5, 0.6) is 5.75 Å². The predicted molar refractivity (Wildman–Crippen MR) is 77.6 cm³/mol. The van der Waals surface area contributed by atoms with Gasteiger partial charge in [0.2, 0.25) is 5.91 Å². The van der Waals surface area contributed by atoms with E-state index < -0.39 is 6.04 Å². The molecule has 0 spiro atoms.